The molecule has 0 aliphatic heterocycles. The molecule has 0 bridgehead atoms. The molecule has 0 aromatic heterocycles. The molecule has 0 saturated heterocycles. The molecule has 0 aliphatic carbocycles. The Hall–Kier alpha value is 0.419. The Kier molecular flexibility index (Phi) is 152. The predicted octanol–water partition coefficient (Wildman–Crippen LogP) is -10.8. The first kappa shape index (κ1) is 92.9. The van der Waals surface area contributed by atoms with Gasteiger partial charge in [0, 0.05) is 0 Å². The smallest absolute Gasteiger partial charge is 0.790 e. The number of rotatable bonds is 2. The zero-order valence-corrected chi connectivity index (χ0v) is 11.5. The topological polar surface area (TPSA) is 419 Å². The molecule has 19 heavy (non-hydrogen) atoms. The van der Waals surface area contributed by atoms with Gasteiger partial charge in [-0.05, 0) is 0 Å². The summed E-state index contributed by atoms with van der Waals surface area (Å²) < 4.78 is 21.2. The second kappa shape index (κ2) is 31.0. The van der Waals surface area contributed by atoms with Gasteiger partial charge < -0.3 is 82.3 Å². The van der Waals surface area contributed by atoms with E-state index in [4.69, 9.17) is 0 Å². The van der Waals surface area contributed by atoms with Crippen molar-refractivity contribution in [3.8, 4) is 0 Å². The molecular weight excluding hydrogens is 374 g/mol. The van der Waals surface area contributed by atoms with Gasteiger partial charge in [-0.15, -0.1) is 0 Å². The molecule has 19 heteroatoms. The first-order chi connectivity index (χ1) is 3.71. The van der Waals surface area contributed by atoms with Gasteiger partial charge in [0.25, 0.3) is 0 Å². The van der Waals surface area contributed by atoms with Crippen molar-refractivity contribution >= 4 is 15.6 Å². The van der Waals surface area contributed by atoms with Gasteiger partial charge in [0.1, 0.15) is 0 Å². The van der Waals surface area contributed by atoms with Crippen LogP contribution in [-0.4, -0.2) is 49.3 Å². The molecule has 0 atom stereocenters. The second-order valence-corrected chi connectivity index (χ2v) is 3.42. The van der Waals surface area contributed by atoms with Crippen LogP contribution in [0.15, 0.2) is 0 Å². The molecule has 0 fully saturated rings. The van der Waals surface area contributed by atoms with Crippen molar-refractivity contribution in [2.24, 2.45) is 0 Å². The molecule has 16 nitrogen and oxygen atoms in total. The number of hydrogen-bond acceptors (Lipinski definition) is 7. The summed E-state index contributed by atoms with van der Waals surface area (Å²) in [4.78, 5) is 37.3. The fourth-order valence-electron chi connectivity index (χ4n) is 0.122. The molecular formula is H18FeO16P2. The zero-order valence-electron chi connectivity index (χ0n) is 8.61. The van der Waals surface area contributed by atoms with Crippen molar-refractivity contribution in [3.63, 3.8) is 0 Å². The largest absolute Gasteiger partial charge is 4.00 e. The molecule has 0 radical (unpaired) electrons. The molecule has 18 N–H and O–H groups in total. The Balaban J connectivity index is -0.00000000711. The Labute approximate surface area is 116 Å². The summed E-state index contributed by atoms with van der Waals surface area (Å²) in [6, 6.07) is 0. The van der Waals surface area contributed by atoms with Crippen LogP contribution in [-0.2, 0) is 30.5 Å². The van der Waals surface area contributed by atoms with Gasteiger partial charge in [-0.1, -0.05) is 0 Å². The minimum Gasteiger partial charge on any atom is -0.790 e. The molecule has 0 amide bonds. The van der Waals surface area contributed by atoms with Crippen LogP contribution >= 0.6 is 15.6 Å². The van der Waals surface area contributed by atoms with E-state index in [1.807, 2.05) is 0 Å². The monoisotopic (exact) mass is 392 g/mol. The Morgan fingerprint density at radius 2 is 0.632 bits per heavy atom. The van der Waals surface area contributed by atoms with Gasteiger partial charge in [-0.25, -0.2) is 0 Å². The number of hydrogen-bond donors (Lipinski definition) is 0. The SMILES string of the molecule is O.O.O.O.O.O.O.O.O.O=P([O-])([O-])OP(=O)([O-])[O-].[Fe+4]. The van der Waals surface area contributed by atoms with Crippen LogP contribution in [0.2, 0.25) is 0 Å². The first-order valence-electron chi connectivity index (χ1n) is 1.46. The minimum absolute atomic E-state index is 0. The first-order valence-corrected chi connectivity index (χ1v) is 4.38. The Morgan fingerprint density at radius 1 is 0.526 bits per heavy atom. The van der Waals surface area contributed by atoms with Crippen LogP contribution in [0.3, 0.4) is 0 Å². The van der Waals surface area contributed by atoms with Crippen molar-refractivity contribution in [1.82, 2.24) is 0 Å². The van der Waals surface area contributed by atoms with Crippen LogP contribution in [0, 0.1) is 0 Å². The maximum absolute atomic E-state index is 9.32. The third kappa shape index (κ3) is 121. The van der Waals surface area contributed by atoms with Gasteiger partial charge in [-0.2, -0.15) is 0 Å². The van der Waals surface area contributed by atoms with E-state index in [1.54, 1.807) is 0 Å². The van der Waals surface area contributed by atoms with Crippen molar-refractivity contribution in [3.05, 3.63) is 0 Å². The van der Waals surface area contributed by atoms with Crippen molar-refractivity contribution in [1.29, 1.82) is 0 Å². The summed E-state index contributed by atoms with van der Waals surface area (Å²) in [5.74, 6) is 0. The fourth-order valence-corrected chi connectivity index (χ4v) is 1.10. The predicted molar refractivity (Wildman–Crippen MR) is 48.8 cm³/mol. The van der Waals surface area contributed by atoms with Gasteiger partial charge in [-0.3, -0.25) is 0 Å². The molecule has 0 saturated carbocycles. The summed E-state index contributed by atoms with van der Waals surface area (Å²) in [6.07, 6.45) is 0. The summed E-state index contributed by atoms with van der Waals surface area (Å²) in [6.45, 7) is 0. The summed E-state index contributed by atoms with van der Waals surface area (Å²) in [5, 5.41) is 0. The van der Waals surface area contributed by atoms with Crippen LogP contribution in [0.25, 0.3) is 0 Å². The molecule has 132 valence electrons. The van der Waals surface area contributed by atoms with Crippen molar-refractivity contribution in [2.75, 3.05) is 0 Å². The van der Waals surface area contributed by atoms with E-state index in [-0.39, 0.29) is 66.4 Å². The van der Waals surface area contributed by atoms with E-state index in [1.165, 1.54) is 0 Å². The van der Waals surface area contributed by atoms with Crippen molar-refractivity contribution < 1.29 is 99.4 Å². The molecule has 0 rings (SSSR count). The van der Waals surface area contributed by atoms with Crippen LogP contribution in [0.5, 0.6) is 0 Å². The van der Waals surface area contributed by atoms with E-state index < -0.39 is 15.6 Å². The van der Waals surface area contributed by atoms with Crippen LogP contribution in [0.4, 0.5) is 0 Å². The van der Waals surface area contributed by atoms with Gasteiger partial charge in [0.05, 0.1) is 15.6 Å². The maximum atomic E-state index is 9.32. The van der Waals surface area contributed by atoms with E-state index in [0.717, 1.165) is 0 Å². The molecule has 0 spiro atoms. The van der Waals surface area contributed by atoms with E-state index in [0.29, 0.717) is 0 Å². The normalized spacial score (nSPS) is 6.53. The third-order valence-electron chi connectivity index (χ3n) is 0.200. The minimum atomic E-state index is -5.68. The summed E-state index contributed by atoms with van der Waals surface area (Å²) in [7, 11) is -11.4. The Morgan fingerprint density at radius 3 is 0.632 bits per heavy atom. The van der Waals surface area contributed by atoms with Gasteiger partial charge >= 0.3 is 17.1 Å². The van der Waals surface area contributed by atoms with E-state index >= 15 is 0 Å². The van der Waals surface area contributed by atoms with E-state index in [9.17, 15) is 28.7 Å². The molecule has 0 aromatic carbocycles. The van der Waals surface area contributed by atoms with Gasteiger partial charge in [0.2, 0.25) is 0 Å². The Bertz CT molecular complexity index is 155. The average molecular weight is 392 g/mol. The molecule has 0 aromatic rings. The fraction of sp³-hybridized carbons (Fsp3) is 0. The molecule has 0 unspecified atom stereocenters. The van der Waals surface area contributed by atoms with Crippen LogP contribution in [0.1, 0.15) is 0 Å². The standard InChI is InChI=1S/Fe.H4O7P2.9H2O/c;1-8(2,3)7-9(4,5)6;;;;;;;;;/h;(H2,1,2,3)(H2,4,5,6);9*1H2/q+4;;;;;;;;;;/p-4. The number of phosphoric acid groups is 2. The summed E-state index contributed by atoms with van der Waals surface area (Å²) >= 11 is 0. The third-order valence-corrected chi connectivity index (χ3v) is 1.80. The molecule has 0 aliphatic rings. The van der Waals surface area contributed by atoms with E-state index in [2.05, 4.69) is 4.31 Å². The van der Waals surface area contributed by atoms with Crippen LogP contribution < -0.4 is 19.6 Å². The quantitative estimate of drug-likeness (QED) is 0.322. The second-order valence-electron chi connectivity index (χ2n) is 0.976. The maximum Gasteiger partial charge on any atom is 4.00 e. The summed E-state index contributed by atoms with van der Waals surface area (Å²) in [5.41, 5.74) is 0. The van der Waals surface area contributed by atoms with Gasteiger partial charge in [0.15, 0.2) is 0 Å². The van der Waals surface area contributed by atoms with Crippen molar-refractivity contribution in [2.45, 2.75) is 0 Å². The zero-order chi connectivity index (χ0) is 7.71. The molecule has 0 heterocycles. The average Bonchev–Trinajstić information content (AvgIpc) is 1.14.